The number of rotatable bonds is 5. The topological polar surface area (TPSA) is 98.2 Å². The van der Waals surface area contributed by atoms with E-state index in [0.717, 1.165) is 16.7 Å². The van der Waals surface area contributed by atoms with E-state index in [0.29, 0.717) is 12.1 Å². The van der Waals surface area contributed by atoms with Crippen LogP contribution in [0.3, 0.4) is 0 Å². The average molecular weight is 297 g/mol. The summed E-state index contributed by atoms with van der Waals surface area (Å²) < 4.78 is 0. The minimum absolute atomic E-state index is 0.247. The lowest BCUT2D eigenvalue weighted by atomic mass is 10.0. The second-order valence-corrected chi connectivity index (χ2v) is 5.12. The number of primary amides is 1. The Labute approximate surface area is 129 Å². The van der Waals surface area contributed by atoms with Gasteiger partial charge in [0.25, 0.3) is 0 Å². The van der Waals surface area contributed by atoms with E-state index < -0.39 is 11.9 Å². The van der Waals surface area contributed by atoms with Crippen LogP contribution in [-0.2, 0) is 11.3 Å². The normalized spacial score (nSPS) is 11.7. The summed E-state index contributed by atoms with van der Waals surface area (Å²) in [5.41, 5.74) is 14.1. The van der Waals surface area contributed by atoms with Crippen LogP contribution in [0.4, 0.5) is 0 Å². The van der Waals surface area contributed by atoms with Crippen molar-refractivity contribution >= 4 is 11.8 Å². The Morgan fingerprint density at radius 2 is 1.82 bits per heavy atom. The van der Waals surface area contributed by atoms with Gasteiger partial charge in [0.2, 0.25) is 11.8 Å². The van der Waals surface area contributed by atoms with Crippen LogP contribution < -0.4 is 16.8 Å². The van der Waals surface area contributed by atoms with Gasteiger partial charge in [0.1, 0.15) is 6.04 Å². The highest BCUT2D eigenvalue weighted by atomic mass is 16.2. The predicted octanol–water partition coefficient (Wildman–Crippen LogP) is 1.41. The van der Waals surface area contributed by atoms with E-state index in [1.54, 1.807) is 19.1 Å². The zero-order chi connectivity index (χ0) is 16.1. The van der Waals surface area contributed by atoms with E-state index in [1.807, 2.05) is 36.4 Å². The summed E-state index contributed by atoms with van der Waals surface area (Å²) in [6.07, 6.45) is 0. The molecule has 2 aromatic carbocycles. The molecule has 0 spiro atoms. The van der Waals surface area contributed by atoms with Crippen LogP contribution in [0.5, 0.6) is 0 Å². The van der Waals surface area contributed by atoms with Crippen molar-refractivity contribution in [2.24, 2.45) is 11.5 Å². The number of hydrogen-bond donors (Lipinski definition) is 3. The van der Waals surface area contributed by atoms with Crippen molar-refractivity contribution in [3.8, 4) is 0 Å². The first-order valence-electron chi connectivity index (χ1n) is 6.96. The van der Waals surface area contributed by atoms with Crippen LogP contribution >= 0.6 is 0 Å². The Morgan fingerprint density at radius 3 is 2.41 bits per heavy atom. The molecule has 2 rings (SSSR count). The number of aryl methyl sites for hydroxylation is 1. The molecular weight excluding hydrogens is 278 g/mol. The van der Waals surface area contributed by atoms with Gasteiger partial charge >= 0.3 is 0 Å². The van der Waals surface area contributed by atoms with Crippen molar-refractivity contribution < 1.29 is 9.59 Å². The number of amides is 2. The van der Waals surface area contributed by atoms with Crippen molar-refractivity contribution in [3.63, 3.8) is 0 Å². The minimum atomic E-state index is -0.702. The highest BCUT2D eigenvalue weighted by Crippen LogP contribution is 2.12. The largest absolute Gasteiger partial charge is 0.366 e. The molecule has 114 valence electrons. The molecule has 0 bridgehead atoms. The van der Waals surface area contributed by atoms with E-state index in [2.05, 4.69) is 5.32 Å². The third-order valence-corrected chi connectivity index (χ3v) is 3.46. The summed E-state index contributed by atoms with van der Waals surface area (Å²) in [6, 6.07) is 13.7. The van der Waals surface area contributed by atoms with Crippen LogP contribution in [0.25, 0.3) is 0 Å². The van der Waals surface area contributed by atoms with Crippen LogP contribution in [0, 0.1) is 6.92 Å². The lowest BCUT2D eigenvalue weighted by Gasteiger charge is -2.13. The lowest BCUT2D eigenvalue weighted by Crippen LogP contribution is -2.33. The molecule has 0 radical (unpaired) electrons. The van der Waals surface area contributed by atoms with Crippen LogP contribution in [0.15, 0.2) is 48.5 Å². The van der Waals surface area contributed by atoms with Crippen molar-refractivity contribution in [2.75, 3.05) is 0 Å². The van der Waals surface area contributed by atoms with Gasteiger partial charge in [0, 0.05) is 12.1 Å². The van der Waals surface area contributed by atoms with Crippen molar-refractivity contribution in [2.45, 2.75) is 19.5 Å². The fraction of sp³-hybridized carbons (Fsp3) is 0.176. The van der Waals surface area contributed by atoms with Gasteiger partial charge in [-0.05, 0) is 29.7 Å². The van der Waals surface area contributed by atoms with E-state index in [-0.39, 0.29) is 5.91 Å². The Hall–Kier alpha value is -2.66. The van der Waals surface area contributed by atoms with Gasteiger partial charge in [-0.1, -0.05) is 42.5 Å². The van der Waals surface area contributed by atoms with Crippen LogP contribution in [0.2, 0.25) is 0 Å². The Bertz CT molecular complexity index is 684. The lowest BCUT2D eigenvalue weighted by molar-refractivity contribution is -0.122. The molecule has 1 atom stereocenters. The molecule has 1 unspecified atom stereocenters. The maximum atomic E-state index is 12.1. The van der Waals surface area contributed by atoms with Gasteiger partial charge in [-0.3, -0.25) is 9.59 Å². The van der Waals surface area contributed by atoms with Crippen LogP contribution in [0.1, 0.15) is 33.1 Å². The van der Waals surface area contributed by atoms with Gasteiger partial charge in [-0.15, -0.1) is 0 Å². The molecule has 0 aromatic heterocycles. The summed E-state index contributed by atoms with van der Waals surface area (Å²) in [4.78, 5) is 23.2. The Kier molecular flexibility index (Phi) is 4.91. The number of carbonyl (C=O) groups excluding carboxylic acids is 2. The standard InChI is InChI=1S/C17H19N3O2/c1-11-9-12(7-8-14(11)16(19)21)10-20-17(22)15(18)13-5-3-2-4-6-13/h2-9,15H,10,18H2,1H3,(H2,19,21)(H,20,22). The molecule has 5 nitrogen and oxygen atoms in total. The summed E-state index contributed by atoms with van der Waals surface area (Å²) in [5.74, 6) is -0.706. The molecule has 0 saturated heterocycles. The quantitative estimate of drug-likeness (QED) is 0.778. The Balaban J connectivity index is 1.99. The molecule has 0 fully saturated rings. The zero-order valence-corrected chi connectivity index (χ0v) is 12.4. The molecule has 0 aliphatic carbocycles. The van der Waals surface area contributed by atoms with Crippen LogP contribution in [-0.4, -0.2) is 11.8 Å². The molecular formula is C17H19N3O2. The first-order chi connectivity index (χ1) is 10.5. The number of nitrogens with one attached hydrogen (secondary N) is 1. The van der Waals surface area contributed by atoms with Gasteiger partial charge in [0.15, 0.2) is 0 Å². The maximum Gasteiger partial charge on any atom is 0.248 e. The molecule has 2 amide bonds. The van der Waals surface area contributed by atoms with Gasteiger partial charge < -0.3 is 16.8 Å². The third-order valence-electron chi connectivity index (χ3n) is 3.46. The third kappa shape index (κ3) is 3.71. The van der Waals surface area contributed by atoms with E-state index in [1.165, 1.54) is 0 Å². The Morgan fingerprint density at radius 1 is 1.14 bits per heavy atom. The molecule has 0 saturated carbocycles. The second-order valence-electron chi connectivity index (χ2n) is 5.12. The second kappa shape index (κ2) is 6.87. The molecule has 0 aliphatic heterocycles. The van der Waals surface area contributed by atoms with E-state index >= 15 is 0 Å². The molecule has 2 aromatic rings. The highest BCUT2D eigenvalue weighted by molar-refractivity contribution is 5.94. The predicted molar refractivity (Wildman–Crippen MR) is 84.9 cm³/mol. The summed E-state index contributed by atoms with van der Waals surface area (Å²) >= 11 is 0. The number of benzene rings is 2. The van der Waals surface area contributed by atoms with Crippen molar-refractivity contribution in [1.82, 2.24) is 5.32 Å². The van der Waals surface area contributed by atoms with Gasteiger partial charge in [0.05, 0.1) is 0 Å². The van der Waals surface area contributed by atoms with E-state index in [4.69, 9.17) is 11.5 Å². The first kappa shape index (κ1) is 15.7. The van der Waals surface area contributed by atoms with Gasteiger partial charge in [-0.2, -0.15) is 0 Å². The molecule has 22 heavy (non-hydrogen) atoms. The van der Waals surface area contributed by atoms with Crippen molar-refractivity contribution in [1.29, 1.82) is 0 Å². The SMILES string of the molecule is Cc1cc(CNC(=O)C(N)c2ccccc2)ccc1C(N)=O. The fourth-order valence-corrected chi connectivity index (χ4v) is 2.22. The molecule has 5 heteroatoms. The first-order valence-corrected chi connectivity index (χ1v) is 6.96. The molecule has 5 N–H and O–H groups in total. The van der Waals surface area contributed by atoms with Gasteiger partial charge in [-0.25, -0.2) is 0 Å². The molecule has 0 heterocycles. The number of hydrogen-bond acceptors (Lipinski definition) is 3. The monoisotopic (exact) mass is 297 g/mol. The zero-order valence-electron chi connectivity index (χ0n) is 12.4. The number of nitrogens with two attached hydrogens (primary N) is 2. The average Bonchev–Trinajstić information content (AvgIpc) is 2.52. The molecule has 0 aliphatic rings. The summed E-state index contributed by atoms with van der Waals surface area (Å²) in [5, 5.41) is 2.79. The summed E-state index contributed by atoms with van der Waals surface area (Å²) in [6.45, 7) is 2.15. The minimum Gasteiger partial charge on any atom is -0.366 e. The smallest absolute Gasteiger partial charge is 0.248 e. The summed E-state index contributed by atoms with van der Waals surface area (Å²) in [7, 11) is 0. The highest BCUT2D eigenvalue weighted by Gasteiger charge is 2.15. The fourth-order valence-electron chi connectivity index (χ4n) is 2.22. The van der Waals surface area contributed by atoms with Crippen molar-refractivity contribution in [3.05, 3.63) is 70.8 Å². The number of carbonyl (C=O) groups is 2. The maximum absolute atomic E-state index is 12.1. The van der Waals surface area contributed by atoms with E-state index in [9.17, 15) is 9.59 Å².